The van der Waals surface area contributed by atoms with E-state index >= 15 is 0 Å². The van der Waals surface area contributed by atoms with Gasteiger partial charge in [-0.05, 0) is 0 Å². The van der Waals surface area contributed by atoms with Gasteiger partial charge in [0.15, 0.2) is 0 Å². The van der Waals surface area contributed by atoms with Gasteiger partial charge in [0, 0.05) is 65.8 Å². The van der Waals surface area contributed by atoms with Gasteiger partial charge in [-0.2, -0.15) is 0 Å². The van der Waals surface area contributed by atoms with Gasteiger partial charge in [0.2, 0.25) is 0 Å². The van der Waals surface area contributed by atoms with E-state index < -0.39 is 0 Å². The predicted octanol–water partition coefficient (Wildman–Crippen LogP) is -0.883. The molecule has 0 saturated carbocycles. The van der Waals surface area contributed by atoms with Crippen molar-refractivity contribution in [2.24, 2.45) is 0 Å². The molecule has 0 aromatic carbocycles. The van der Waals surface area contributed by atoms with Crippen molar-refractivity contribution in [1.82, 2.24) is 0 Å². The summed E-state index contributed by atoms with van der Waals surface area (Å²) in [6.45, 7) is 0. The number of hydrogen-bond acceptors (Lipinski definition) is 0. The van der Waals surface area contributed by atoms with Crippen LogP contribution in [-0.4, -0.2) is 43.3 Å². The Morgan fingerprint density at radius 1 is 1.00 bits per heavy atom. The van der Waals surface area contributed by atoms with Crippen LogP contribution < -0.4 is 0 Å². The van der Waals surface area contributed by atoms with E-state index in [1.165, 1.54) is 0 Å². The molecule has 0 aliphatic heterocycles. The zero-order chi connectivity index (χ0) is 0. The minimum atomic E-state index is 0. The average molecular weight is 367 g/mol. The Morgan fingerprint density at radius 2 is 1.00 bits per heavy atom. The molecule has 0 aliphatic carbocycles. The number of rotatable bonds is 0. The van der Waals surface area contributed by atoms with Gasteiger partial charge in [-0.3, -0.25) is 0 Å². The topological polar surface area (TPSA) is 28.5 Å². The van der Waals surface area contributed by atoms with E-state index in [0.29, 0.717) is 0 Å². The Morgan fingerprint density at radius 3 is 1.00 bits per heavy atom. The van der Waals surface area contributed by atoms with Gasteiger partial charge in [0.1, 0.15) is 0 Å². The second-order valence-corrected chi connectivity index (χ2v) is 0. The van der Waals surface area contributed by atoms with E-state index in [-0.39, 0.29) is 65.8 Å². The Labute approximate surface area is 65.3 Å². The van der Waals surface area contributed by atoms with E-state index in [1.807, 2.05) is 0 Å². The molecule has 0 atom stereocenters. The molecule has 0 heterocycles. The largest absolute Gasteiger partial charge is 0 e. The first-order chi connectivity index (χ1) is 0. The molecule has 0 amide bonds. The Kier molecular flexibility index (Phi) is 206. The summed E-state index contributed by atoms with van der Waals surface area (Å²) in [5.41, 5.74) is 0. The van der Waals surface area contributed by atoms with Gasteiger partial charge < -0.3 is 0 Å². The average Bonchev–Trinajstić information content (AvgIpc) is 0. The quantitative estimate of drug-likeness (QED) is 0.498. The van der Waals surface area contributed by atoms with Crippen molar-refractivity contribution in [3.05, 3.63) is 0 Å². The fourth-order valence-corrected chi connectivity index (χ4v) is 0. The fraction of sp³-hybridized carbons (Fsp3) is 0. The first-order valence-corrected chi connectivity index (χ1v) is 0. The first-order valence-electron chi connectivity index (χ1n) is 0. The van der Waals surface area contributed by atoms with Crippen molar-refractivity contribution in [2.75, 3.05) is 0 Å². The Balaban J connectivity index is 0. The first kappa shape index (κ1) is 39.6. The van der Waals surface area contributed by atoms with E-state index in [0.717, 1.165) is 0 Å². The molecule has 8 radical (unpaired) electrons. The van der Waals surface area contributed by atoms with Crippen LogP contribution in [0.4, 0.5) is 0 Å². The van der Waals surface area contributed by atoms with Crippen LogP contribution in [0.1, 0.15) is 0 Å². The van der Waals surface area contributed by atoms with Gasteiger partial charge >= 0.3 is 0 Å². The SMILES string of the molecule is [Bi].[Cu].[O].[Se]. The maximum Gasteiger partial charge on any atom is 0 e. The molecule has 0 spiro atoms. The second kappa shape index (κ2) is 20.8. The van der Waals surface area contributed by atoms with Crippen LogP contribution >= 0.6 is 0 Å². The maximum absolute atomic E-state index is 0. The molecule has 0 aliphatic rings. The second-order valence-electron chi connectivity index (χ2n) is 0. The van der Waals surface area contributed by atoms with Gasteiger partial charge in [0.25, 0.3) is 0 Å². The summed E-state index contributed by atoms with van der Waals surface area (Å²) in [5, 5.41) is 0. The Hall–Kier alpha value is 1.88. The summed E-state index contributed by atoms with van der Waals surface area (Å²) >= 11 is 0. The van der Waals surface area contributed by atoms with Crippen LogP contribution in [0.15, 0.2) is 0 Å². The molecule has 0 saturated heterocycles. The van der Waals surface area contributed by atoms with Crippen LogP contribution in [0.5, 0.6) is 0 Å². The minimum Gasteiger partial charge on any atom is 0 e. The zero-order valence-electron chi connectivity index (χ0n) is 1.57. The molecular formula is BiCuOSe. The van der Waals surface area contributed by atoms with Gasteiger partial charge in [-0.15, -0.1) is 0 Å². The monoisotopic (exact) mass is 368 g/mol. The molecule has 0 rings (SSSR count). The summed E-state index contributed by atoms with van der Waals surface area (Å²) in [6, 6.07) is 0. The van der Waals surface area contributed by atoms with Crippen molar-refractivity contribution < 1.29 is 22.5 Å². The van der Waals surface area contributed by atoms with E-state index in [2.05, 4.69) is 0 Å². The van der Waals surface area contributed by atoms with Gasteiger partial charge in [0.05, 0.1) is 0 Å². The third-order valence-corrected chi connectivity index (χ3v) is 0. The van der Waals surface area contributed by atoms with Crippen LogP contribution in [0.3, 0.4) is 0 Å². The van der Waals surface area contributed by atoms with Gasteiger partial charge in [-0.25, -0.2) is 0 Å². The molecule has 4 heteroatoms. The summed E-state index contributed by atoms with van der Waals surface area (Å²) in [5.74, 6) is 0. The normalized spacial score (nSPS) is 0. The maximum atomic E-state index is 0. The summed E-state index contributed by atoms with van der Waals surface area (Å²) < 4.78 is 0. The molecule has 28 valence electrons. The fourth-order valence-electron chi connectivity index (χ4n) is 0. The minimum absolute atomic E-state index is 0. The van der Waals surface area contributed by atoms with Crippen LogP contribution in [0, 0.1) is 0 Å². The molecule has 0 fully saturated rings. The summed E-state index contributed by atoms with van der Waals surface area (Å²) in [4.78, 5) is 0. The molecule has 0 N–H and O–H groups in total. The molecular weight excluding hydrogens is 367 g/mol. The van der Waals surface area contributed by atoms with Crippen LogP contribution in [0.25, 0.3) is 0 Å². The standard InChI is InChI=1S/Bi.Cu.O.Se. The predicted molar refractivity (Wildman–Crippen MR) is 12.2 cm³/mol. The summed E-state index contributed by atoms with van der Waals surface area (Å²) in [6.07, 6.45) is 0. The third-order valence-electron chi connectivity index (χ3n) is 0. The molecule has 1 nitrogen and oxygen atoms in total. The van der Waals surface area contributed by atoms with E-state index in [4.69, 9.17) is 0 Å². The zero-order valence-corrected chi connectivity index (χ0v) is 7.70. The Bertz CT molecular complexity index is 8.00. The van der Waals surface area contributed by atoms with Crippen molar-refractivity contribution in [1.29, 1.82) is 0 Å². The molecule has 4 heavy (non-hydrogen) atoms. The van der Waals surface area contributed by atoms with E-state index in [9.17, 15) is 0 Å². The van der Waals surface area contributed by atoms with E-state index in [1.54, 1.807) is 0 Å². The summed E-state index contributed by atoms with van der Waals surface area (Å²) in [7, 11) is 0. The number of hydrogen-bond donors (Lipinski definition) is 0. The van der Waals surface area contributed by atoms with Gasteiger partial charge in [-0.1, -0.05) is 0 Å². The van der Waals surface area contributed by atoms with Crippen molar-refractivity contribution in [2.45, 2.75) is 0 Å². The van der Waals surface area contributed by atoms with Crippen molar-refractivity contribution in [3.63, 3.8) is 0 Å². The van der Waals surface area contributed by atoms with Crippen LogP contribution in [0.2, 0.25) is 0 Å². The molecule has 0 unspecified atom stereocenters. The molecule has 0 aromatic rings. The molecule has 0 aromatic heterocycles. The molecule has 0 bridgehead atoms. The smallest absolute Gasteiger partial charge is 0 e. The van der Waals surface area contributed by atoms with Crippen molar-refractivity contribution >= 4 is 43.3 Å². The van der Waals surface area contributed by atoms with Crippen molar-refractivity contribution in [3.8, 4) is 0 Å². The van der Waals surface area contributed by atoms with Crippen LogP contribution in [-0.2, 0) is 22.5 Å². The third kappa shape index (κ3) is 9.10.